The van der Waals surface area contributed by atoms with Crippen LogP contribution >= 0.6 is 24.0 Å². The number of benzene rings is 2. The van der Waals surface area contributed by atoms with Crippen LogP contribution in [0.5, 0.6) is 11.5 Å². The average Bonchev–Trinajstić information content (AvgIpc) is 2.71. The highest BCUT2D eigenvalue weighted by Crippen LogP contribution is 2.25. The molecule has 6 nitrogen and oxygen atoms in total. The number of methoxy groups -OCH3 is 1. The van der Waals surface area contributed by atoms with Crippen LogP contribution in [0.15, 0.2) is 47.5 Å². The normalized spacial score (nSPS) is 12.4. The van der Waals surface area contributed by atoms with Crippen molar-refractivity contribution in [2.24, 2.45) is 4.99 Å². The molecule has 0 bridgehead atoms. The Hall–Kier alpha value is -2.21. The minimum absolute atomic E-state index is 0. The number of guanidine groups is 1. The quantitative estimate of drug-likeness (QED) is 0.280. The minimum Gasteiger partial charge on any atom is -0.497 e. The van der Waals surface area contributed by atoms with Crippen LogP contribution in [0.2, 0.25) is 0 Å². The first-order valence-electron chi connectivity index (χ1n) is 9.32. The summed E-state index contributed by atoms with van der Waals surface area (Å²) in [7, 11) is 6.96. The lowest BCUT2D eigenvalue weighted by Gasteiger charge is -2.26. The number of ether oxygens (including phenoxy) is 2. The van der Waals surface area contributed by atoms with Gasteiger partial charge in [-0.3, -0.25) is 4.99 Å². The van der Waals surface area contributed by atoms with E-state index in [1.807, 2.05) is 19.0 Å². The summed E-state index contributed by atoms with van der Waals surface area (Å²) in [6.07, 6.45) is 0. The Morgan fingerprint density at radius 3 is 2.32 bits per heavy atom. The van der Waals surface area contributed by atoms with Crippen molar-refractivity contribution in [3.8, 4) is 11.5 Å². The lowest BCUT2D eigenvalue weighted by molar-refractivity contribution is -0.0505. The van der Waals surface area contributed by atoms with E-state index < -0.39 is 6.61 Å². The van der Waals surface area contributed by atoms with Crippen molar-refractivity contribution >= 4 is 29.9 Å². The first-order chi connectivity index (χ1) is 14.3. The molecular formula is C21H28F3IN4O2. The van der Waals surface area contributed by atoms with Crippen LogP contribution in [-0.4, -0.2) is 52.3 Å². The molecule has 0 aliphatic carbocycles. The molecule has 0 amide bonds. The zero-order chi connectivity index (χ0) is 22.1. The summed E-state index contributed by atoms with van der Waals surface area (Å²) in [5, 5.41) is 6.29. The van der Waals surface area contributed by atoms with Crippen LogP contribution in [0.25, 0.3) is 0 Å². The maximum atomic E-state index is 13.2. The van der Waals surface area contributed by atoms with Gasteiger partial charge in [0.1, 0.15) is 17.3 Å². The number of hydrogen-bond donors (Lipinski definition) is 2. The standard InChI is InChI=1S/C21H27F3N4O2.HI/c1-25-21(27-13-18(28(2)3)14-5-7-16(22)8-6-14)26-12-15-11-17(29-4)9-10-19(15)30-20(23)24;/h5-11,18,20H,12-13H2,1-4H3,(H2,25,26,27);1H. The predicted molar refractivity (Wildman–Crippen MR) is 126 cm³/mol. The highest BCUT2D eigenvalue weighted by molar-refractivity contribution is 14.0. The van der Waals surface area contributed by atoms with Crippen LogP contribution in [0.3, 0.4) is 0 Å². The van der Waals surface area contributed by atoms with Gasteiger partial charge < -0.3 is 25.0 Å². The second kappa shape index (κ2) is 13.3. The van der Waals surface area contributed by atoms with Crippen LogP contribution in [0, 0.1) is 5.82 Å². The second-order valence-electron chi connectivity index (χ2n) is 6.69. The third-order valence-electron chi connectivity index (χ3n) is 4.49. The number of hydrogen-bond acceptors (Lipinski definition) is 4. The smallest absolute Gasteiger partial charge is 0.387 e. The van der Waals surface area contributed by atoms with Crippen molar-refractivity contribution in [3.63, 3.8) is 0 Å². The van der Waals surface area contributed by atoms with Gasteiger partial charge in [-0.15, -0.1) is 24.0 Å². The molecule has 0 saturated heterocycles. The van der Waals surface area contributed by atoms with E-state index in [2.05, 4.69) is 20.4 Å². The van der Waals surface area contributed by atoms with Crippen LogP contribution in [-0.2, 0) is 6.54 Å². The van der Waals surface area contributed by atoms with Gasteiger partial charge in [0.05, 0.1) is 13.2 Å². The molecule has 0 radical (unpaired) electrons. The average molecular weight is 552 g/mol. The topological polar surface area (TPSA) is 58.1 Å². The van der Waals surface area contributed by atoms with Crippen LogP contribution < -0.4 is 20.1 Å². The Labute approximate surface area is 197 Å². The molecule has 31 heavy (non-hydrogen) atoms. The minimum atomic E-state index is -2.92. The van der Waals surface area contributed by atoms with Crippen molar-refractivity contribution in [3.05, 3.63) is 59.4 Å². The summed E-state index contributed by atoms with van der Waals surface area (Å²) in [6.45, 7) is -2.23. The van der Waals surface area contributed by atoms with E-state index in [0.717, 1.165) is 5.56 Å². The molecule has 1 atom stereocenters. The number of likely N-dealkylation sites (N-methyl/N-ethyl adjacent to an activating group) is 1. The Kier molecular flexibility index (Phi) is 11.5. The third kappa shape index (κ3) is 8.44. The van der Waals surface area contributed by atoms with E-state index in [1.165, 1.54) is 25.3 Å². The molecule has 2 N–H and O–H groups in total. The fraction of sp³-hybridized carbons (Fsp3) is 0.381. The van der Waals surface area contributed by atoms with E-state index in [1.54, 1.807) is 31.3 Å². The van der Waals surface area contributed by atoms with Crippen molar-refractivity contribution in [2.75, 3.05) is 34.8 Å². The highest BCUT2D eigenvalue weighted by Gasteiger charge is 2.16. The number of alkyl halides is 2. The molecule has 172 valence electrons. The Morgan fingerprint density at radius 1 is 1.10 bits per heavy atom. The van der Waals surface area contributed by atoms with E-state index in [-0.39, 0.29) is 48.1 Å². The molecule has 10 heteroatoms. The second-order valence-corrected chi connectivity index (χ2v) is 6.69. The van der Waals surface area contributed by atoms with Crippen LogP contribution in [0.4, 0.5) is 13.2 Å². The SMILES string of the molecule is CN=C(NCc1cc(OC)ccc1OC(F)F)NCC(c1ccc(F)cc1)N(C)C.I. The zero-order valence-electron chi connectivity index (χ0n) is 17.9. The van der Waals surface area contributed by atoms with Gasteiger partial charge >= 0.3 is 6.61 Å². The first-order valence-corrected chi connectivity index (χ1v) is 9.32. The molecule has 0 aliphatic rings. The monoisotopic (exact) mass is 552 g/mol. The number of halogens is 4. The maximum absolute atomic E-state index is 13.2. The van der Waals surface area contributed by atoms with Crippen molar-refractivity contribution in [1.82, 2.24) is 15.5 Å². The molecule has 1 unspecified atom stereocenters. The summed E-state index contributed by atoms with van der Waals surface area (Å²) in [5.74, 6) is 0.781. The number of nitrogens with zero attached hydrogens (tertiary/aromatic N) is 2. The van der Waals surface area contributed by atoms with Gasteiger partial charge in [-0.2, -0.15) is 8.78 Å². The van der Waals surface area contributed by atoms with Gasteiger partial charge in [0.15, 0.2) is 5.96 Å². The summed E-state index contributed by atoms with van der Waals surface area (Å²) < 4.78 is 48.3. The molecule has 0 spiro atoms. The Balaban J connectivity index is 0.00000480. The third-order valence-corrected chi connectivity index (χ3v) is 4.49. The van der Waals surface area contributed by atoms with Gasteiger partial charge in [-0.1, -0.05) is 12.1 Å². The fourth-order valence-corrected chi connectivity index (χ4v) is 2.91. The summed E-state index contributed by atoms with van der Waals surface area (Å²) in [5.41, 5.74) is 1.45. The fourth-order valence-electron chi connectivity index (χ4n) is 2.91. The number of nitrogens with one attached hydrogen (secondary N) is 2. The van der Waals surface area contributed by atoms with Crippen LogP contribution in [0.1, 0.15) is 17.2 Å². The van der Waals surface area contributed by atoms with E-state index in [0.29, 0.717) is 23.8 Å². The van der Waals surface area contributed by atoms with Crippen molar-refractivity contribution in [2.45, 2.75) is 19.2 Å². The van der Waals surface area contributed by atoms with E-state index in [9.17, 15) is 13.2 Å². The first kappa shape index (κ1) is 26.8. The molecule has 2 aromatic carbocycles. The number of aliphatic imine (C=N–C) groups is 1. The largest absolute Gasteiger partial charge is 0.497 e. The molecule has 2 rings (SSSR count). The Bertz CT molecular complexity index is 836. The molecule has 0 aromatic heterocycles. The van der Waals surface area contributed by atoms with E-state index >= 15 is 0 Å². The van der Waals surface area contributed by atoms with Gasteiger partial charge in [0.25, 0.3) is 0 Å². The lowest BCUT2D eigenvalue weighted by Crippen LogP contribution is -2.41. The zero-order valence-corrected chi connectivity index (χ0v) is 20.2. The predicted octanol–water partition coefficient (Wildman–Crippen LogP) is 4.02. The highest BCUT2D eigenvalue weighted by atomic mass is 127. The van der Waals surface area contributed by atoms with Gasteiger partial charge in [0, 0.05) is 25.7 Å². The van der Waals surface area contributed by atoms with Gasteiger partial charge in [-0.25, -0.2) is 4.39 Å². The van der Waals surface area contributed by atoms with Gasteiger partial charge in [0.2, 0.25) is 0 Å². The molecular weight excluding hydrogens is 524 g/mol. The van der Waals surface area contributed by atoms with Gasteiger partial charge in [-0.05, 0) is 50.0 Å². The molecule has 0 fully saturated rings. The Morgan fingerprint density at radius 2 is 1.77 bits per heavy atom. The summed E-state index contributed by atoms with van der Waals surface area (Å²) in [4.78, 5) is 6.18. The lowest BCUT2D eigenvalue weighted by atomic mass is 10.1. The summed E-state index contributed by atoms with van der Waals surface area (Å²) >= 11 is 0. The summed E-state index contributed by atoms with van der Waals surface area (Å²) in [6, 6.07) is 10.9. The molecule has 2 aromatic rings. The number of rotatable bonds is 9. The molecule has 0 heterocycles. The van der Waals surface area contributed by atoms with Crippen molar-refractivity contribution < 1.29 is 22.6 Å². The molecule has 0 aliphatic heterocycles. The maximum Gasteiger partial charge on any atom is 0.387 e. The molecule has 0 saturated carbocycles. The van der Waals surface area contributed by atoms with Crippen molar-refractivity contribution in [1.29, 1.82) is 0 Å². The van der Waals surface area contributed by atoms with E-state index in [4.69, 9.17) is 4.74 Å².